The largest absolute Gasteiger partial charge is 0.503 e. The standard InChI is InChI=1S/C14H10O4.2C6H12O2.C5H10O2.2CH2O3/c15-13(11-7-3-1-4-8-11)17-18-14(16)12-9-5-2-6-10-12;2*7-8-6-4-2-1-3-5-6;1-5(2,3)7-4-6;2*2-1(3)4/h1-10H;2*6-7H,1-5H2;4H,1-3H3;2*(H2,2,3,4). The van der Waals surface area contributed by atoms with Gasteiger partial charge in [0.2, 0.25) is 0 Å². The van der Waals surface area contributed by atoms with Crippen LogP contribution in [-0.2, 0) is 29.1 Å². The minimum Gasteiger partial charge on any atom is -0.462 e. The molecule has 0 bridgehead atoms. The number of carbonyl (C=O) groups is 5. The van der Waals surface area contributed by atoms with Gasteiger partial charge in [0.15, 0.2) is 0 Å². The van der Waals surface area contributed by atoms with Crippen LogP contribution < -0.4 is 0 Å². The number of carboxylic acid groups (broad SMARTS) is 4. The van der Waals surface area contributed by atoms with Crippen LogP contribution in [0.5, 0.6) is 0 Å². The highest BCUT2D eigenvalue weighted by Crippen LogP contribution is 2.19. The summed E-state index contributed by atoms with van der Waals surface area (Å²) in [5.41, 5.74) is 0.318. The minimum absolute atomic E-state index is 0.142. The van der Waals surface area contributed by atoms with Crippen molar-refractivity contribution >= 4 is 30.7 Å². The molecule has 0 aliphatic heterocycles. The zero-order chi connectivity index (χ0) is 37.5. The molecule has 6 N–H and O–H groups in total. The summed E-state index contributed by atoms with van der Waals surface area (Å²) in [4.78, 5) is 67.0. The van der Waals surface area contributed by atoms with Gasteiger partial charge >= 0.3 is 24.2 Å². The summed E-state index contributed by atoms with van der Waals surface area (Å²) in [6, 6.07) is 16.6. The lowest BCUT2D eigenvalue weighted by Crippen LogP contribution is -2.17. The maximum Gasteiger partial charge on any atom is 0.503 e. The summed E-state index contributed by atoms with van der Waals surface area (Å²) in [6.45, 7) is 5.92. The van der Waals surface area contributed by atoms with E-state index in [0.29, 0.717) is 17.6 Å². The van der Waals surface area contributed by atoms with Crippen LogP contribution in [0.2, 0.25) is 0 Å². The smallest absolute Gasteiger partial charge is 0.462 e. The van der Waals surface area contributed by atoms with E-state index in [2.05, 4.69) is 24.3 Å². The number of hydrogen-bond donors (Lipinski definition) is 6. The summed E-state index contributed by atoms with van der Waals surface area (Å²) < 4.78 is 4.55. The molecule has 2 aromatic rings. The predicted octanol–water partition coefficient (Wildman–Crippen LogP) is 7.64. The van der Waals surface area contributed by atoms with Crippen LogP contribution >= 0.6 is 0 Å². The maximum atomic E-state index is 11.5. The molecule has 49 heavy (non-hydrogen) atoms. The number of rotatable bonds is 5. The van der Waals surface area contributed by atoms with Crippen molar-refractivity contribution in [3.05, 3.63) is 71.8 Å². The van der Waals surface area contributed by atoms with Crippen molar-refractivity contribution in [2.45, 2.75) is 103 Å². The molecule has 0 amide bonds. The summed E-state index contributed by atoms with van der Waals surface area (Å²) >= 11 is 0. The van der Waals surface area contributed by atoms with E-state index in [1.807, 2.05) is 20.8 Å². The van der Waals surface area contributed by atoms with Crippen molar-refractivity contribution in [2.75, 3.05) is 0 Å². The zero-order valence-corrected chi connectivity index (χ0v) is 27.8. The van der Waals surface area contributed by atoms with Crippen molar-refractivity contribution in [3.8, 4) is 0 Å². The molecule has 0 aromatic heterocycles. The van der Waals surface area contributed by atoms with Crippen LogP contribution in [0.4, 0.5) is 9.59 Å². The van der Waals surface area contributed by atoms with E-state index >= 15 is 0 Å². The lowest BCUT2D eigenvalue weighted by atomic mass is 9.98. The highest BCUT2D eigenvalue weighted by molar-refractivity contribution is 5.92. The average Bonchev–Trinajstić information content (AvgIpc) is 3.08. The fourth-order valence-electron chi connectivity index (χ4n) is 3.81. The Morgan fingerprint density at radius 1 is 0.592 bits per heavy atom. The van der Waals surface area contributed by atoms with Crippen LogP contribution in [0.25, 0.3) is 0 Å². The zero-order valence-electron chi connectivity index (χ0n) is 27.8. The highest BCUT2D eigenvalue weighted by atomic mass is 17.2. The molecule has 2 aromatic carbocycles. The Morgan fingerprint density at radius 3 is 1.06 bits per heavy atom. The van der Waals surface area contributed by atoms with Gasteiger partial charge in [0.25, 0.3) is 6.47 Å². The van der Waals surface area contributed by atoms with E-state index in [9.17, 15) is 14.4 Å². The van der Waals surface area contributed by atoms with Gasteiger partial charge in [-0.3, -0.25) is 15.3 Å². The van der Waals surface area contributed by atoms with Crippen LogP contribution in [0.3, 0.4) is 0 Å². The van der Waals surface area contributed by atoms with Crippen LogP contribution in [0.15, 0.2) is 60.7 Å². The molecule has 0 saturated heterocycles. The Balaban J connectivity index is 0. The number of ether oxygens (including phenoxy) is 1. The number of hydrogen-bond acceptors (Lipinski definition) is 12. The lowest BCUT2D eigenvalue weighted by molar-refractivity contribution is -0.283. The summed E-state index contributed by atoms with van der Waals surface area (Å²) in [5, 5.41) is 44.3. The van der Waals surface area contributed by atoms with Gasteiger partial charge in [-0.15, -0.1) is 0 Å². The molecular formula is C33H48O16. The Bertz CT molecular complexity index is 1050. The Hall–Kier alpha value is -4.77. The van der Waals surface area contributed by atoms with Gasteiger partial charge in [-0.05, 0) is 70.7 Å². The number of benzene rings is 2. The SMILES string of the molecule is CC(C)(C)OC=O.O=C(O)O.O=C(O)O.O=C(OOC(=O)c1ccccc1)c1ccccc1.OOC1CCCCC1.OOC1CCCCC1. The third-order valence-corrected chi connectivity index (χ3v) is 6.02. The molecule has 0 radical (unpaired) electrons. The predicted molar refractivity (Wildman–Crippen MR) is 173 cm³/mol. The molecule has 0 spiro atoms. The van der Waals surface area contributed by atoms with E-state index in [1.54, 1.807) is 60.7 Å². The lowest BCUT2D eigenvalue weighted by Gasteiger charge is -2.17. The fraction of sp³-hybridized carbons (Fsp3) is 0.485. The molecule has 2 saturated carbocycles. The molecule has 0 heterocycles. The second kappa shape index (κ2) is 29.4. The quantitative estimate of drug-likeness (QED) is 0.0995. The normalized spacial score (nSPS) is 13.7. The molecule has 276 valence electrons. The van der Waals surface area contributed by atoms with Crippen molar-refractivity contribution in [2.24, 2.45) is 0 Å². The first-order chi connectivity index (χ1) is 23.2. The van der Waals surface area contributed by atoms with E-state index in [1.165, 1.54) is 38.5 Å². The molecular weight excluding hydrogens is 652 g/mol. The van der Waals surface area contributed by atoms with Crippen LogP contribution in [-0.4, -0.2) is 79.5 Å². The molecule has 0 atom stereocenters. The van der Waals surface area contributed by atoms with Gasteiger partial charge in [0.1, 0.15) is 5.60 Å². The first-order valence-electron chi connectivity index (χ1n) is 15.3. The second-order valence-corrected chi connectivity index (χ2v) is 11.1. The van der Waals surface area contributed by atoms with Gasteiger partial charge in [0, 0.05) is 0 Å². The first-order valence-corrected chi connectivity index (χ1v) is 15.3. The highest BCUT2D eigenvalue weighted by Gasteiger charge is 2.14. The monoisotopic (exact) mass is 700 g/mol. The van der Waals surface area contributed by atoms with Gasteiger partial charge in [-0.2, -0.15) is 0 Å². The third-order valence-electron chi connectivity index (χ3n) is 6.02. The Morgan fingerprint density at radius 2 is 0.878 bits per heavy atom. The van der Waals surface area contributed by atoms with E-state index in [0.717, 1.165) is 25.7 Å². The molecule has 16 heteroatoms. The van der Waals surface area contributed by atoms with Crippen LogP contribution in [0.1, 0.15) is 106 Å². The van der Waals surface area contributed by atoms with Gasteiger partial charge in [-0.25, -0.2) is 38.7 Å². The fourth-order valence-corrected chi connectivity index (χ4v) is 3.81. The van der Waals surface area contributed by atoms with Crippen molar-refractivity contribution < 1.29 is 79.2 Å². The maximum absolute atomic E-state index is 11.5. The van der Waals surface area contributed by atoms with Crippen molar-refractivity contribution in [1.29, 1.82) is 0 Å². The van der Waals surface area contributed by atoms with E-state index in [-0.39, 0.29) is 17.8 Å². The third kappa shape index (κ3) is 31.6. The molecule has 2 aliphatic carbocycles. The first kappa shape index (κ1) is 46.3. The van der Waals surface area contributed by atoms with Gasteiger partial charge in [0.05, 0.1) is 23.3 Å². The van der Waals surface area contributed by atoms with Crippen molar-refractivity contribution in [3.63, 3.8) is 0 Å². The van der Waals surface area contributed by atoms with Crippen molar-refractivity contribution in [1.82, 2.24) is 0 Å². The van der Waals surface area contributed by atoms with E-state index in [4.69, 9.17) is 40.5 Å². The molecule has 4 rings (SSSR count). The molecule has 2 aliphatic rings. The summed E-state index contributed by atoms with van der Waals surface area (Å²) in [7, 11) is 0. The Kier molecular flexibility index (Phi) is 27.8. The number of carbonyl (C=O) groups excluding carboxylic acids is 3. The molecule has 16 nitrogen and oxygen atoms in total. The molecule has 2 fully saturated rings. The van der Waals surface area contributed by atoms with Gasteiger partial charge in [-0.1, -0.05) is 74.9 Å². The topological polar surface area (TPSA) is 253 Å². The van der Waals surface area contributed by atoms with Gasteiger partial charge < -0.3 is 25.2 Å². The van der Waals surface area contributed by atoms with E-state index < -0.39 is 24.2 Å². The minimum atomic E-state index is -1.83. The second-order valence-electron chi connectivity index (χ2n) is 11.1. The summed E-state index contributed by atoms with van der Waals surface area (Å²) in [6.07, 6.45) is 8.24. The summed E-state index contributed by atoms with van der Waals surface area (Å²) in [5.74, 6) is -1.42. The molecule has 0 unspecified atom stereocenters. The Labute approximate surface area is 284 Å². The average molecular weight is 701 g/mol. The van der Waals surface area contributed by atoms with Crippen LogP contribution in [0, 0.1) is 0 Å².